The molecule has 0 rings (SSSR count). The molecule has 0 aliphatic heterocycles. The van der Waals surface area contributed by atoms with Crippen LogP contribution in [-0.2, 0) is 10.4 Å². The van der Waals surface area contributed by atoms with Gasteiger partial charge < -0.3 is 6.92 Å². The van der Waals surface area contributed by atoms with Crippen molar-refractivity contribution in [2.45, 2.75) is 78.6 Å². The van der Waals surface area contributed by atoms with Crippen LogP contribution >= 0.6 is 0 Å². The zero-order chi connectivity index (χ0) is 13.6. The minimum atomic E-state index is -4.67. The third kappa shape index (κ3) is 55.1. The molecule has 0 saturated carbocycles. The minimum Gasteiger partial charge on any atom is -0.343 e. The summed E-state index contributed by atoms with van der Waals surface area (Å²) < 4.78 is 31.6. The smallest absolute Gasteiger partial charge is 0.343 e. The van der Waals surface area contributed by atoms with Crippen LogP contribution in [0.3, 0.4) is 0 Å². The van der Waals surface area contributed by atoms with Gasteiger partial charge in [-0.05, 0) is 0 Å². The molecule has 0 atom stereocenters. The molecule has 0 unspecified atom stereocenters. The molecule has 0 heterocycles. The zero-order valence-corrected chi connectivity index (χ0v) is 14.7. The van der Waals surface area contributed by atoms with Crippen molar-refractivity contribution >= 4 is 10.4 Å². The second-order valence-electron chi connectivity index (χ2n) is 4.13. The Balaban J connectivity index is -0.000000139. The van der Waals surface area contributed by atoms with E-state index < -0.39 is 10.4 Å². The predicted molar refractivity (Wildman–Crippen MR) is 78.1 cm³/mol. The Hall–Kier alpha value is 0.870. The predicted octanol–water partition coefficient (Wildman–Crippen LogP) is 1.73. The van der Waals surface area contributed by atoms with Crippen LogP contribution < -0.4 is 29.6 Å². The van der Waals surface area contributed by atoms with Crippen LogP contribution in [0.2, 0.25) is 0 Å². The first kappa shape index (κ1) is 28.1. The molecule has 2 N–H and O–H groups in total. The van der Waals surface area contributed by atoms with E-state index in [1.807, 2.05) is 0 Å². The molecule has 0 aliphatic carbocycles. The van der Waals surface area contributed by atoms with Crippen LogP contribution in [-0.4, -0.2) is 17.5 Å². The van der Waals surface area contributed by atoms with Crippen LogP contribution in [0.5, 0.6) is 0 Å². The fourth-order valence-corrected chi connectivity index (χ4v) is 1.49. The molecule has 0 aliphatic rings. The Kier molecular flexibility index (Phi) is 31.3. The molecule has 0 aromatic heterocycles. The van der Waals surface area contributed by atoms with Crippen molar-refractivity contribution in [2.24, 2.45) is 0 Å². The molecule has 0 radical (unpaired) electrons. The van der Waals surface area contributed by atoms with Crippen LogP contribution in [0.15, 0.2) is 0 Å². The van der Waals surface area contributed by atoms with Crippen molar-refractivity contribution in [1.82, 2.24) is 0 Å². The quantitative estimate of drug-likeness (QED) is 0.294. The van der Waals surface area contributed by atoms with E-state index in [-0.39, 0.29) is 37.0 Å². The van der Waals surface area contributed by atoms with E-state index in [1.165, 1.54) is 57.8 Å². The molecule has 19 heavy (non-hydrogen) atoms. The molecule has 0 spiro atoms. The van der Waals surface area contributed by atoms with Gasteiger partial charge >= 0.3 is 40.0 Å². The van der Waals surface area contributed by atoms with Gasteiger partial charge in [-0.2, -0.15) is 14.8 Å². The summed E-state index contributed by atoms with van der Waals surface area (Å²) in [5.74, 6) is 0. The maximum absolute atomic E-state index is 8.74. The van der Waals surface area contributed by atoms with E-state index in [9.17, 15) is 0 Å². The van der Waals surface area contributed by atoms with E-state index in [2.05, 4.69) is 13.8 Å². The zero-order valence-electron chi connectivity index (χ0n) is 11.9. The van der Waals surface area contributed by atoms with Gasteiger partial charge in [0.05, 0.1) is 0 Å². The summed E-state index contributed by atoms with van der Waals surface area (Å²) in [7, 11) is -4.67. The topological polar surface area (TPSA) is 74.6 Å². The van der Waals surface area contributed by atoms with Gasteiger partial charge in [-0.1, -0.05) is 72.1 Å². The van der Waals surface area contributed by atoms with Crippen LogP contribution in [0, 0.1) is 6.92 Å². The van der Waals surface area contributed by atoms with Gasteiger partial charge in [0.15, 0.2) is 0 Å². The first-order valence-corrected chi connectivity index (χ1v) is 7.80. The number of rotatable bonds is 9. The normalized spacial score (nSPS) is 9.68. The molecule has 0 fully saturated rings. The van der Waals surface area contributed by atoms with Crippen LogP contribution in [0.25, 0.3) is 0 Å². The molecule has 4 nitrogen and oxygen atoms in total. The summed E-state index contributed by atoms with van der Waals surface area (Å²) in [4.78, 5) is 0. The molecular formula is C13H31NaO4S. The van der Waals surface area contributed by atoms with Crippen LogP contribution in [0.4, 0.5) is 0 Å². The molecule has 0 saturated heterocycles. The fraction of sp³-hybridized carbons (Fsp3) is 0.923. The molecule has 0 aromatic rings. The van der Waals surface area contributed by atoms with Gasteiger partial charge in [0.25, 0.3) is 0 Å². The van der Waals surface area contributed by atoms with Gasteiger partial charge in [0.2, 0.25) is 0 Å². The maximum Gasteiger partial charge on any atom is 1.00 e. The molecular weight excluding hydrogens is 275 g/mol. The Bertz CT molecular complexity index is 213. The van der Waals surface area contributed by atoms with Crippen molar-refractivity contribution in [3.8, 4) is 0 Å². The largest absolute Gasteiger partial charge is 1.00 e. The first-order valence-electron chi connectivity index (χ1n) is 6.41. The SMILES string of the molecule is C.O=S(=O)(O)O.[CH2-]CCCCCCCCCCC.[Na+]. The minimum absolute atomic E-state index is 0. The van der Waals surface area contributed by atoms with Gasteiger partial charge in [-0.15, -0.1) is 0 Å². The second kappa shape index (κ2) is 21.2. The molecule has 0 bridgehead atoms. The third-order valence-corrected chi connectivity index (χ3v) is 2.35. The Morgan fingerprint density at radius 1 is 0.842 bits per heavy atom. The maximum atomic E-state index is 8.74. The standard InChI is InChI=1S/C12H25.CH4.Na.H2O4S/c1-3-5-7-9-11-12-10-8-6-4-2;;;1-5(2,3)4/h1,3-12H2,2H3;1H4;;(H2,1,2,3,4)/q-1;;+1;. The van der Waals surface area contributed by atoms with E-state index in [0.29, 0.717) is 0 Å². The summed E-state index contributed by atoms with van der Waals surface area (Å²) in [6, 6.07) is 0. The van der Waals surface area contributed by atoms with Crippen LogP contribution in [0.1, 0.15) is 78.6 Å². The average molecular weight is 306 g/mol. The summed E-state index contributed by atoms with van der Waals surface area (Å²) in [5.41, 5.74) is 0. The first-order chi connectivity index (χ1) is 7.91. The fourth-order valence-electron chi connectivity index (χ4n) is 1.49. The Labute approximate surface area is 142 Å². The van der Waals surface area contributed by atoms with E-state index in [0.717, 1.165) is 6.42 Å². The Morgan fingerprint density at radius 3 is 1.37 bits per heavy atom. The third-order valence-electron chi connectivity index (χ3n) is 2.35. The van der Waals surface area contributed by atoms with Gasteiger partial charge in [-0.3, -0.25) is 9.11 Å². The van der Waals surface area contributed by atoms with Gasteiger partial charge in [-0.25, -0.2) is 0 Å². The van der Waals surface area contributed by atoms with E-state index in [1.54, 1.807) is 0 Å². The summed E-state index contributed by atoms with van der Waals surface area (Å²) in [5, 5.41) is 0. The average Bonchev–Trinajstić information content (AvgIpc) is 2.20. The van der Waals surface area contributed by atoms with E-state index in [4.69, 9.17) is 17.5 Å². The van der Waals surface area contributed by atoms with Gasteiger partial charge in [0, 0.05) is 0 Å². The number of unbranched alkanes of at least 4 members (excludes halogenated alkanes) is 9. The monoisotopic (exact) mass is 306 g/mol. The summed E-state index contributed by atoms with van der Waals surface area (Å²) in [6.07, 6.45) is 13.9. The van der Waals surface area contributed by atoms with Crippen molar-refractivity contribution in [2.75, 3.05) is 0 Å². The summed E-state index contributed by atoms with van der Waals surface area (Å²) >= 11 is 0. The van der Waals surface area contributed by atoms with Crippen molar-refractivity contribution in [3.05, 3.63) is 6.92 Å². The molecule has 0 amide bonds. The van der Waals surface area contributed by atoms with Gasteiger partial charge in [0.1, 0.15) is 0 Å². The molecule has 0 aromatic carbocycles. The number of hydrogen-bond acceptors (Lipinski definition) is 2. The van der Waals surface area contributed by atoms with Crippen molar-refractivity contribution in [3.63, 3.8) is 0 Å². The second-order valence-corrected chi connectivity index (χ2v) is 5.03. The molecule has 6 heteroatoms. The van der Waals surface area contributed by atoms with Crippen molar-refractivity contribution < 1.29 is 47.1 Å². The Morgan fingerprint density at radius 2 is 1.11 bits per heavy atom. The van der Waals surface area contributed by atoms with E-state index >= 15 is 0 Å². The summed E-state index contributed by atoms with van der Waals surface area (Å²) in [6.45, 7) is 6.12. The number of hydrogen-bond donors (Lipinski definition) is 2. The van der Waals surface area contributed by atoms with Crippen molar-refractivity contribution in [1.29, 1.82) is 0 Å². The molecule has 114 valence electrons.